The third kappa shape index (κ3) is 4.06. The fraction of sp³-hybridized carbons (Fsp3) is 0.440. The number of ether oxygens (including phenoxy) is 1. The van der Waals surface area contributed by atoms with Gasteiger partial charge >= 0.3 is 0 Å². The first-order chi connectivity index (χ1) is 13.6. The molecule has 148 valence electrons. The summed E-state index contributed by atoms with van der Waals surface area (Å²) >= 11 is 0. The van der Waals surface area contributed by atoms with Gasteiger partial charge in [-0.1, -0.05) is 54.8 Å². The monoisotopic (exact) mass is 379 g/mol. The van der Waals surface area contributed by atoms with Gasteiger partial charge in [0.25, 0.3) is 0 Å². The van der Waals surface area contributed by atoms with E-state index in [1.54, 1.807) is 12.1 Å². The fourth-order valence-electron chi connectivity index (χ4n) is 4.92. The molecule has 2 aromatic carbocycles. The Morgan fingerprint density at radius 2 is 1.86 bits per heavy atom. The number of benzene rings is 2. The fourth-order valence-corrected chi connectivity index (χ4v) is 4.92. The van der Waals surface area contributed by atoms with Crippen LogP contribution in [0.3, 0.4) is 0 Å². The Hall–Kier alpha value is -1.97. The van der Waals surface area contributed by atoms with Gasteiger partial charge in [0.15, 0.2) is 0 Å². The minimum atomic E-state index is -0.191. The van der Waals surface area contributed by atoms with Crippen LogP contribution in [0.1, 0.15) is 48.8 Å². The SMILES string of the molecule is Cc1cccc(CC(CN)C2=C(c3ccc(F)cc3)CC3(CCCC3)OC2)c1. The highest BCUT2D eigenvalue weighted by molar-refractivity contribution is 5.71. The number of nitrogens with two attached hydrogens (primary N) is 1. The van der Waals surface area contributed by atoms with Crippen molar-refractivity contribution in [3.8, 4) is 0 Å². The Labute approximate surface area is 167 Å². The van der Waals surface area contributed by atoms with Crippen LogP contribution in [0.15, 0.2) is 54.1 Å². The smallest absolute Gasteiger partial charge is 0.123 e. The Balaban J connectivity index is 1.71. The van der Waals surface area contributed by atoms with Crippen LogP contribution >= 0.6 is 0 Å². The van der Waals surface area contributed by atoms with Crippen LogP contribution in [0, 0.1) is 18.7 Å². The number of hydrogen-bond acceptors (Lipinski definition) is 2. The first-order valence-electron chi connectivity index (χ1n) is 10.5. The standard InChI is InChI=1S/C25H30FNO/c1-18-5-4-6-19(13-18)14-21(16-27)24-17-28-25(11-2-3-12-25)15-23(24)20-7-9-22(26)10-8-20/h4-10,13,21H,2-3,11-12,14-17,27H2,1H3. The van der Waals surface area contributed by atoms with Crippen molar-refractivity contribution in [3.63, 3.8) is 0 Å². The average Bonchev–Trinajstić information content (AvgIpc) is 3.15. The second-order valence-corrected chi connectivity index (χ2v) is 8.49. The molecule has 1 saturated carbocycles. The molecule has 0 radical (unpaired) electrons. The van der Waals surface area contributed by atoms with Crippen molar-refractivity contribution in [2.24, 2.45) is 11.7 Å². The van der Waals surface area contributed by atoms with Gasteiger partial charge in [0.05, 0.1) is 12.2 Å². The molecular formula is C25H30FNO. The molecule has 2 aromatic rings. The summed E-state index contributed by atoms with van der Waals surface area (Å²) in [5, 5.41) is 0. The molecule has 2 aliphatic rings. The van der Waals surface area contributed by atoms with Crippen LogP contribution in [-0.2, 0) is 11.2 Å². The van der Waals surface area contributed by atoms with E-state index in [1.165, 1.54) is 35.1 Å². The third-order valence-electron chi connectivity index (χ3n) is 6.47. The molecule has 0 bridgehead atoms. The van der Waals surface area contributed by atoms with Crippen LogP contribution in [0.5, 0.6) is 0 Å². The van der Waals surface area contributed by atoms with E-state index in [-0.39, 0.29) is 17.3 Å². The van der Waals surface area contributed by atoms with Crippen molar-refractivity contribution in [3.05, 3.63) is 76.6 Å². The van der Waals surface area contributed by atoms with Crippen molar-refractivity contribution in [1.82, 2.24) is 0 Å². The van der Waals surface area contributed by atoms with Crippen LogP contribution in [0.25, 0.3) is 5.57 Å². The van der Waals surface area contributed by atoms with E-state index in [9.17, 15) is 4.39 Å². The van der Waals surface area contributed by atoms with Gasteiger partial charge in [-0.05, 0) is 73.1 Å². The molecule has 1 aliphatic carbocycles. The average molecular weight is 380 g/mol. The summed E-state index contributed by atoms with van der Waals surface area (Å²) in [6.07, 6.45) is 6.53. The predicted molar refractivity (Wildman–Crippen MR) is 113 cm³/mol. The topological polar surface area (TPSA) is 35.2 Å². The molecule has 0 amide bonds. The van der Waals surface area contributed by atoms with Gasteiger partial charge < -0.3 is 10.5 Å². The van der Waals surface area contributed by atoms with Crippen LogP contribution in [0.4, 0.5) is 4.39 Å². The minimum absolute atomic E-state index is 0.0320. The molecule has 2 N–H and O–H groups in total. The molecule has 1 spiro atoms. The molecule has 1 unspecified atom stereocenters. The van der Waals surface area contributed by atoms with E-state index < -0.39 is 0 Å². The van der Waals surface area contributed by atoms with Crippen LogP contribution in [-0.4, -0.2) is 18.8 Å². The highest BCUT2D eigenvalue weighted by atomic mass is 19.1. The van der Waals surface area contributed by atoms with Gasteiger partial charge in [-0.15, -0.1) is 0 Å². The van der Waals surface area contributed by atoms with Crippen LogP contribution in [0.2, 0.25) is 0 Å². The van der Waals surface area contributed by atoms with E-state index in [0.717, 1.165) is 31.2 Å². The normalized spacial score (nSPS) is 20.0. The molecule has 3 heteroatoms. The molecule has 1 fully saturated rings. The summed E-state index contributed by atoms with van der Waals surface area (Å²) in [6, 6.07) is 15.6. The zero-order valence-electron chi connectivity index (χ0n) is 16.7. The number of aryl methyl sites for hydroxylation is 1. The van der Waals surface area contributed by atoms with Gasteiger partial charge in [-0.25, -0.2) is 4.39 Å². The number of hydrogen-bond donors (Lipinski definition) is 1. The molecule has 1 aliphatic heterocycles. The summed E-state index contributed by atoms with van der Waals surface area (Å²) in [5.41, 5.74) is 12.5. The van der Waals surface area contributed by atoms with Gasteiger partial charge in [0, 0.05) is 6.42 Å². The van der Waals surface area contributed by atoms with Gasteiger partial charge in [-0.2, -0.15) is 0 Å². The van der Waals surface area contributed by atoms with Gasteiger partial charge in [0.1, 0.15) is 5.82 Å². The maximum atomic E-state index is 13.5. The number of rotatable bonds is 5. The van der Waals surface area contributed by atoms with Crippen molar-refractivity contribution in [2.45, 2.75) is 51.0 Å². The van der Waals surface area contributed by atoms with Gasteiger partial charge in [-0.3, -0.25) is 0 Å². The lowest BCUT2D eigenvalue weighted by atomic mass is 9.79. The van der Waals surface area contributed by atoms with Gasteiger partial charge in [0.2, 0.25) is 0 Å². The lowest BCUT2D eigenvalue weighted by molar-refractivity contribution is -0.0349. The second kappa shape index (κ2) is 8.18. The Morgan fingerprint density at radius 1 is 1.11 bits per heavy atom. The summed E-state index contributed by atoms with van der Waals surface area (Å²) in [4.78, 5) is 0. The van der Waals surface area contributed by atoms with Crippen molar-refractivity contribution < 1.29 is 9.13 Å². The molecule has 4 rings (SSSR count). The zero-order chi connectivity index (χ0) is 19.6. The van der Waals surface area contributed by atoms with E-state index >= 15 is 0 Å². The summed E-state index contributed by atoms with van der Waals surface area (Å²) < 4.78 is 20.0. The van der Waals surface area contributed by atoms with Crippen molar-refractivity contribution in [1.29, 1.82) is 0 Å². The van der Waals surface area contributed by atoms with Crippen molar-refractivity contribution in [2.75, 3.05) is 13.2 Å². The maximum absolute atomic E-state index is 13.5. The Kier molecular flexibility index (Phi) is 5.65. The van der Waals surface area contributed by atoms with Crippen LogP contribution < -0.4 is 5.73 Å². The molecule has 1 atom stereocenters. The predicted octanol–water partition coefficient (Wildman–Crippen LogP) is 5.44. The van der Waals surface area contributed by atoms with E-state index in [1.807, 2.05) is 12.1 Å². The third-order valence-corrected chi connectivity index (χ3v) is 6.47. The summed E-state index contributed by atoms with van der Waals surface area (Å²) in [6.45, 7) is 3.35. The molecular weight excluding hydrogens is 349 g/mol. The summed E-state index contributed by atoms with van der Waals surface area (Å²) in [5.74, 6) is 0.0456. The summed E-state index contributed by atoms with van der Waals surface area (Å²) in [7, 11) is 0. The molecule has 0 aromatic heterocycles. The largest absolute Gasteiger partial charge is 0.370 e. The van der Waals surface area contributed by atoms with E-state index in [2.05, 4.69) is 31.2 Å². The Morgan fingerprint density at radius 3 is 2.54 bits per heavy atom. The second-order valence-electron chi connectivity index (χ2n) is 8.49. The van der Waals surface area contributed by atoms with E-state index in [4.69, 9.17) is 10.5 Å². The first-order valence-corrected chi connectivity index (χ1v) is 10.5. The first kappa shape index (κ1) is 19.4. The highest BCUT2D eigenvalue weighted by Gasteiger charge is 2.40. The minimum Gasteiger partial charge on any atom is -0.370 e. The maximum Gasteiger partial charge on any atom is 0.123 e. The molecule has 28 heavy (non-hydrogen) atoms. The van der Waals surface area contributed by atoms with E-state index in [0.29, 0.717) is 13.2 Å². The zero-order valence-corrected chi connectivity index (χ0v) is 16.7. The van der Waals surface area contributed by atoms with Crippen molar-refractivity contribution >= 4 is 5.57 Å². The molecule has 2 nitrogen and oxygen atoms in total. The lowest BCUT2D eigenvalue weighted by Gasteiger charge is -2.39. The quantitative estimate of drug-likeness (QED) is 0.751. The molecule has 1 heterocycles. The number of halogens is 1. The molecule has 0 saturated heterocycles. The highest BCUT2D eigenvalue weighted by Crippen LogP contribution is 2.46. The Bertz CT molecular complexity index is 849. The lowest BCUT2D eigenvalue weighted by Crippen LogP contribution is -2.37.